The molecule has 1 aromatic carbocycles. The molecule has 2 unspecified atom stereocenters. The SMILES string of the molecule is CCC(C)CC(C)NS(=O)(=O)c1ccc(Br)cc1Br. The number of hydrogen-bond donors (Lipinski definition) is 1. The Morgan fingerprint density at radius 2 is 1.89 bits per heavy atom. The maximum Gasteiger partial charge on any atom is 0.241 e. The van der Waals surface area contributed by atoms with Crippen LogP contribution in [0, 0.1) is 5.92 Å². The minimum atomic E-state index is -3.48. The lowest BCUT2D eigenvalue weighted by atomic mass is 10.0. The van der Waals surface area contributed by atoms with Crippen LogP contribution in [0.2, 0.25) is 0 Å². The van der Waals surface area contributed by atoms with Crippen molar-refractivity contribution in [1.82, 2.24) is 4.72 Å². The molecule has 1 aromatic rings. The summed E-state index contributed by atoms with van der Waals surface area (Å²) in [5.74, 6) is 0.506. The van der Waals surface area contributed by atoms with E-state index >= 15 is 0 Å². The fourth-order valence-corrected chi connectivity index (χ4v) is 4.84. The van der Waals surface area contributed by atoms with Crippen LogP contribution < -0.4 is 4.72 Å². The summed E-state index contributed by atoms with van der Waals surface area (Å²) in [7, 11) is -3.48. The topological polar surface area (TPSA) is 46.2 Å². The van der Waals surface area contributed by atoms with Crippen molar-refractivity contribution >= 4 is 41.9 Å². The highest BCUT2D eigenvalue weighted by Crippen LogP contribution is 2.26. The second kappa shape index (κ2) is 7.20. The van der Waals surface area contributed by atoms with Crippen LogP contribution in [0.4, 0.5) is 0 Å². The number of halogens is 2. The van der Waals surface area contributed by atoms with E-state index in [-0.39, 0.29) is 10.9 Å². The molecule has 1 rings (SSSR count). The van der Waals surface area contributed by atoms with Gasteiger partial charge >= 0.3 is 0 Å². The van der Waals surface area contributed by atoms with Gasteiger partial charge in [0.05, 0.1) is 4.90 Å². The minimum absolute atomic E-state index is 0.0736. The van der Waals surface area contributed by atoms with Crippen LogP contribution in [0.5, 0.6) is 0 Å². The molecule has 1 N–H and O–H groups in total. The van der Waals surface area contributed by atoms with Crippen LogP contribution in [-0.4, -0.2) is 14.5 Å². The maximum atomic E-state index is 12.3. The minimum Gasteiger partial charge on any atom is -0.208 e. The van der Waals surface area contributed by atoms with Gasteiger partial charge in [-0.25, -0.2) is 13.1 Å². The van der Waals surface area contributed by atoms with E-state index in [1.165, 1.54) is 0 Å². The molecule has 108 valence electrons. The molecule has 2 atom stereocenters. The van der Waals surface area contributed by atoms with Crippen LogP contribution in [0.3, 0.4) is 0 Å². The van der Waals surface area contributed by atoms with E-state index in [0.29, 0.717) is 10.4 Å². The molecule has 3 nitrogen and oxygen atoms in total. The Bertz CT molecular complexity index is 531. The normalized spacial score (nSPS) is 15.2. The zero-order valence-electron chi connectivity index (χ0n) is 11.3. The van der Waals surface area contributed by atoms with Gasteiger partial charge in [-0.05, 0) is 53.4 Å². The third kappa shape index (κ3) is 5.17. The van der Waals surface area contributed by atoms with Gasteiger partial charge in [0.2, 0.25) is 10.0 Å². The molecule has 6 heteroatoms. The lowest BCUT2D eigenvalue weighted by Crippen LogP contribution is -2.33. The fraction of sp³-hybridized carbons (Fsp3) is 0.538. The van der Waals surface area contributed by atoms with Crippen molar-refractivity contribution in [3.05, 3.63) is 27.1 Å². The first-order valence-corrected chi connectivity index (χ1v) is 9.30. The number of rotatable bonds is 6. The standard InChI is InChI=1S/C13H19Br2NO2S/c1-4-9(2)7-10(3)16-19(17,18)13-6-5-11(14)8-12(13)15/h5-6,8-10,16H,4,7H2,1-3H3. The van der Waals surface area contributed by atoms with Crippen LogP contribution in [-0.2, 0) is 10.0 Å². The molecule has 0 amide bonds. The molecule has 0 radical (unpaired) electrons. The Kier molecular flexibility index (Phi) is 6.50. The molecule has 0 aliphatic carbocycles. The van der Waals surface area contributed by atoms with Crippen molar-refractivity contribution in [3.8, 4) is 0 Å². The van der Waals surface area contributed by atoms with Gasteiger partial charge in [0, 0.05) is 15.0 Å². The van der Waals surface area contributed by atoms with Crippen molar-refractivity contribution in [1.29, 1.82) is 0 Å². The zero-order chi connectivity index (χ0) is 14.6. The lowest BCUT2D eigenvalue weighted by Gasteiger charge is -2.18. The van der Waals surface area contributed by atoms with E-state index in [1.807, 2.05) is 6.92 Å². The van der Waals surface area contributed by atoms with Crippen LogP contribution in [0.1, 0.15) is 33.6 Å². The highest BCUT2D eigenvalue weighted by Gasteiger charge is 2.21. The molecule has 0 aromatic heterocycles. The van der Waals surface area contributed by atoms with Crippen molar-refractivity contribution in [2.24, 2.45) is 5.92 Å². The summed E-state index contributed by atoms with van der Waals surface area (Å²) in [6.45, 7) is 6.13. The summed E-state index contributed by atoms with van der Waals surface area (Å²) in [5.41, 5.74) is 0. The van der Waals surface area contributed by atoms with Crippen LogP contribution >= 0.6 is 31.9 Å². The molecular weight excluding hydrogens is 394 g/mol. The van der Waals surface area contributed by atoms with E-state index in [4.69, 9.17) is 0 Å². The monoisotopic (exact) mass is 411 g/mol. The zero-order valence-corrected chi connectivity index (χ0v) is 15.3. The second-order valence-electron chi connectivity index (χ2n) is 4.85. The quantitative estimate of drug-likeness (QED) is 0.756. The van der Waals surface area contributed by atoms with Gasteiger partial charge in [0.1, 0.15) is 0 Å². The van der Waals surface area contributed by atoms with Gasteiger partial charge in [-0.2, -0.15) is 0 Å². The Hall–Kier alpha value is 0.0900. The van der Waals surface area contributed by atoms with E-state index in [9.17, 15) is 8.42 Å². The molecule has 0 spiro atoms. The van der Waals surface area contributed by atoms with E-state index in [0.717, 1.165) is 17.3 Å². The molecular formula is C13H19Br2NO2S. The van der Waals surface area contributed by atoms with Crippen LogP contribution in [0.15, 0.2) is 32.0 Å². The molecule has 19 heavy (non-hydrogen) atoms. The van der Waals surface area contributed by atoms with Crippen molar-refractivity contribution in [2.75, 3.05) is 0 Å². The van der Waals surface area contributed by atoms with Gasteiger partial charge in [-0.3, -0.25) is 0 Å². The summed E-state index contributed by atoms with van der Waals surface area (Å²) >= 11 is 6.60. The lowest BCUT2D eigenvalue weighted by molar-refractivity contribution is 0.445. The third-order valence-corrected chi connectivity index (χ3v) is 6.05. The summed E-state index contributed by atoms with van der Waals surface area (Å²) in [5, 5.41) is 0. The summed E-state index contributed by atoms with van der Waals surface area (Å²) < 4.78 is 28.7. The van der Waals surface area contributed by atoms with E-state index < -0.39 is 10.0 Å². The van der Waals surface area contributed by atoms with Gasteiger partial charge in [0.25, 0.3) is 0 Å². The van der Waals surface area contributed by atoms with Gasteiger partial charge < -0.3 is 0 Å². The Labute approximate surface area is 132 Å². The molecule has 0 fully saturated rings. The summed E-state index contributed by atoms with van der Waals surface area (Å²) in [6, 6.07) is 4.97. The summed E-state index contributed by atoms with van der Waals surface area (Å²) in [6.07, 6.45) is 1.89. The smallest absolute Gasteiger partial charge is 0.208 e. The van der Waals surface area contributed by atoms with Crippen LogP contribution in [0.25, 0.3) is 0 Å². The summed E-state index contributed by atoms with van der Waals surface area (Å²) in [4.78, 5) is 0.270. The van der Waals surface area contributed by atoms with Gasteiger partial charge in [-0.1, -0.05) is 36.2 Å². The maximum absolute atomic E-state index is 12.3. The number of benzene rings is 1. The molecule has 0 aliphatic rings. The molecule has 0 bridgehead atoms. The van der Waals surface area contributed by atoms with Crippen molar-refractivity contribution in [3.63, 3.8) is 0 Å². The first-order valence-electron chi connectivity index (χ1n) is 6.23. The predicted octanol–water partition coefficient (Wildman–Crippen LogP) is 4.31. The Morgan fingerprint density at radius 3 is 2.42 bits per heavy atom. The first-order chi connectivity index (χ1) is 8.76. The van der Waals surface area contributed by atoms with Crippen molar-refractivity contribution < 1.29 is 8.42 Å². The average molecular weight is 413 g/mol. The van der Waals surface area contributed by atoms with E-state index in [1.54, 1.807) is 18.2 Å². The molecule has 0 saturated carbocycles. The first kappa shape index (κ1) is 17.1. The third-order valence-electron chi connectivity index (χ3n) is 2.99. The fourth-order valence-electron chi connectivity index (χ4n) is 1.84. The number of sulfonamides is 1. The molecule has 0 heterocycles. The predicted molar refractivity (Wildman–Crippen MR) is 85.7 cm³/mol. The molecule has 0 aliphatic heterocycles. The molecule has 0 saturated heterocycles. The van der Waals surface area contributed by atoms with Gasteiger partial charge in [0.15, 0.2) is 0 Å². The highest BCUT2D eigenvalue weighted by atomic mass is 79.9. The Balaban J connectivity index is 2.86. The van der Waals surface area contributed by atoms with E-state index in [2.05, 4.69) is 50.4 Å². The number of nitrogens with one attached hydrogen (secondary N) is 1. The largest absolute Gasteiger partial charge is 0.241 e. The number of hydrogen-bond acceptors (Lipinski definition) is 2. The average Bonchev–Trinajstić information content (AvgIpc) is 2.26. The second-order valence-corrected chi connectivity index (χ2v) is 8.30. The van der Waals surface area contributed by atoms with Crippen molar-refractivity contribution in [2.45, 2.75) is 44.6 Å². The Morgan fingerprint density at radius 1 is 1.26 bits per heavy atom. The highest BCUT2D eigenvalue weighted by molar-refractivity contribution is 9.11. The van der Waals surface area contributed by atoms with Gasteiger partial charge in [-0.15, -0.1) is 0 Å².